The molecule has 0 bridgehead atoms. The Bertz CT molecular complexity index is 2290. The third-order valence-corrected chi connectivity index (χ3v) is 11.3. The first-order chi connectivity index (χ1) is 27.9. The summed E-state index contributed by atoms with van der Waals surface area (Å²) in [7, 11) is 2.57. The molecule has 4 amide bonds. The Hall–Kier alpha value is -6.12. The SMILES string of the molecule is COC(=O)NC(C(=O)N1CCCC1c1ncc(-c2ccc(-c3ccc(-c4cnc(C5CCCN5C(=O)C(NC(=O)OC)C(C)C)[nH]4)c4cc(C)oc34)cc2)[nH]1)C(C)C. The second kappa shape index (κ2) is 16.8. The number of nitrogens with one attached hydrogen (secondary N) is 4. The number of methoxy groups -OCH3 is 2. The summed E-state index contributed by atoms with van der Waals surface area (Å²) in [6, 6.07) is 12.4. The number of rotatable bonds is 11. The smallest absolute Gasteiger partial charge is 0.407 e. The second-order valence-electron chi connectivity index (χ2n) is 15.8. The molecule has 0 aliphatic carbocycles. The van der Waals surface area contributed by atoms with Crippen LogP contribution in [0.5, 0.6) is 0 Å². The van der Waals surface area contributed by atoms with Gasteiger partial charge in [0.15, 0.2) is 0 Å². The van der Waals surface area contributed by atoms with Crippen LogP contribution in [0.15, 0.2) is 59.3 Å². The van der Waals surface area contributed by atoms with E-state index in [-0.39, 0.29) is 35.7 Å². The first-order valence-electron chi connectivity index (χ1n) is 19.9. The number of aryl methyl sites for hydroxylation is 1. The number of likely N-dealkylation sites (tertiary alicyclic amines) is 2. The van der Waals surface area contributed by atoms with Gasteiger partial charge in [0, 0.05) is 29.6 Å². The van der Waals surface area contributed by atoms with Gasteiger partial charge >= 0.3 is 12.2 Å². The van der Waals surface area contributed by atoms with Crippen LogP contribution in [-0.4, -0.2) is 93.1 Å². The molecule has 15 nitrogen and oxygen atoms in total. The third kappa shape index (κ3) is 7.89. The van der Waals surface area contributed by atoms with Crippen LogP contribution in [0.1, 0.15) is 82.9 Å². The molecule has 4 unspecified atom stereocenters. The van der Waals surface area contributed by atoms with E-state index in [1.165, 1.54) is 14.2 Å². The number of fused-ring (bicyclic) bond motifs is 1. The van der Waals surface area contributed by atoms with E-state index in [4.69, 9.17) is 23.9 Å². The highest BCUT2D eigenvalue weighted by molar-refractivity contribution is 6.02. The van der Waals surface area contributed by atoms with Crippen LogP contribution < -0.4 is 10.6 Å². The van der Waals surface area contributed by atoms with Gasteiger partial charge in [-0.05, 0) is 67.7 Å². The zero-order valence-corrected chi connectivity index (χ0v) is 34.0. The number of nitrogens with zero attached hydrogens (tertiary/aromatic N) is 4. The maximum Gasteiger partial charge on any atom is 0.407 e. The maximum absolute atomic E-state index is 13.7. The van der Waals surface area contributed by atoms with Crippen LogP contribution in [0.2, 0.25) is 0 Å². The van der Waals surface area contributed by atoms with E-state index >= 15 is 0 Å². The minimum atomic E-state index is -0.711. The number of ether oxygens (including phenoxy) is 2. The molecule has 4 atom stereocenters. The monoisotopic (exact) mass is 792 g/mol. The van der Waals surface area contributed by atoms with Crippen molar-refractivity contribution in [3.8, 4) is 33.6 Å². The zero-order chi connectivity index (χ0) is 41.2. The van der Waals surface area contributed by atoms with Crippen LogP contribution in [0, 0.1) is 18.8 Å². The quantitative estimate of drug-likeness (QED) is 0.107. The molecular formula is C43H52N8O7. The number of hydrogen-bond acceptors (Lipinski definition) is 9. The van der Waals surface area contributed by atoms with Gasteiger partial charge in [-0.3, -0.25) is 9.59 Å². The largest absolute Gasteiger partial charge is 0.461 e. The van der Waals surface area contributed by atoms with E-state index in [9.17, 15) is 19.2 Å². The fourth-order valence-corrected chi connectivity index (χ4v) is 8.22. The van der Waals surface area contributed by atoms with Gasteiger partial charge in [0.1, 0.15) is 35.1 Å². The molecule has 0 spiro atoms. The van der Waals surface area contributed by atoms with Gasteiger partial charge in [-0.15, -0.1) is 0 Å². The molecule has 0 saturated carbocycles. The van der Waals surface area contributed by atoms with Crippen molar-refractivity contribution in [3.05, 3.63) is 72.3 Å². The summed E-state index contributed by atoms with van der Waals surface area (Å²) in [4.78, 5) is 71.3. The van der Waals surface area contributed by atoms with Gasteiger partial charge in [0.05, 0.1) is 50.1 Å². The molecule has 2 aliphatic heterocycles. The van der Waals surface area contributed by atoms with Crippen molar-refractivity contribution in [2.45, 2.75) is 84.5 Å². The number of carbonyl (C=O) groups is 4. The molecule has 3 aromatic heterocycles. The minimum absolute atomic E-state index is 0.117. The third-order valence-electron chi connectivity index (χ3n) is 11.3. The van der Waals surface area contributed by atoms with Crippen molar-refractivity contribution in [2.24, 2.45) is 11.8 Å². The Kier molecular flexibility index (Phi) is 11.6. The predicted octanol–water partition coefficient (Wildman–Crippen LogP) is 7.28. The van der Waals surface area contributed by atoms with E-state index in [1.54, 1.807) is 22.2 Å². The summed E-state index contributed by atoms with van der Waals surface area (Å²) < 4.78 is 15.9. The molecule has 2 saturated heterocycles. The summed E-state index contributed by atoms with van der Waals surface area (Å²) in [5, 5.41) is 6.34. The van der Waals surface area contributed by atoms with Crippen LogP contribution in [0.3, 0.4) is 0 Å². The number of aromatic nitrogens is 4. The van der Waals surface area contributed by atoms with E-state index in [1.807, 2.05) is 58.9 Å². The van der Waals surface area contributed by atoms with Crippen molar-refractivity contribution < 1.29 is 33.1 Å². The Balaban J connectivity index is 1.09. The van der Waals surface area contributed by atoms with E-state index in [0.29, 0.717) is 24.7 Å². The van der Waals surface area contributed by atoms with Crippen LogP contribution in [0.4, 0.5) is 9.59 Å². The molecule has 2 fully saturated rings. The topological polar surface area (TPSA) is 188 Å². The van der Waals surface area contributed by atoms with E-state index in [0.717, 1.165) is 76.1 Å². The lowest BCUT2D eigenvalue weighted by atomic mass is 9.98. The lowest BCUT2D eigenvalue weighted by molar-refractivity contribution is -0.136. The predicted molar refractivity (Wildman–Crippen MR) is 217 cm³/mol. The molecule has 0 radical (unpaired) electrons. The number of amides is 4. The van der Waals surface area contributed by atoms with Crippen molar-refractivity contribution in [2.75, 3.05) is 27.3 Å². The molecule has 2 aliphatic rings. The second-order valence-corrected chi connectivity index (χ2v) is 15.8. The average molecular weight is 793 g/mol. The highest BCUT2D eigenvalue weighted by atomic mass is 16.5. The number of hydrogen-bond donors (Lipinski definition) is 4. The molecule has 58 heavy (non-hydrogen) atoms. The highest BCUT2D eigenvalue weighted by Crippen LogP contribution is 2.39. The van der Waals surface area contributed by atoms with Gasteiger partial charge < -0.3 is 44.3 Å². The number of furan rings is 1. The summed E-state index contributed by atoms with van der Waals surface area (Å²) in [6.45, 7) is 10.7. The van der Waals surface area contributed by atoms with E-state index < -0.39 is 24.3 Å². The molecule has 15 heteroatoms. The summed E-state index contributed by atoms with van der Waals surface area (Å²) in [6.07, 6.45) is 5.51. The van der Waals surface area contributed by atoms with Crippen molar-refractivity contribution >= 4 is 35.0 Å². The Morgan fingerprint density at radius 3 is 1.72 bits per heavy atom. The van der Waals surface area contributed by atoms with Gasteiger partial charge in [0.2, 0.25) is 11.8 Å². The lowest BCUT2D eigenvalue weighted by Gasteiger charge is -2.30. The number of aromatic amines is 2. The van der Waals surface area contributed by atoms with Gasteiger partial charge in [-0.1, -0.05) is 58.0 Å². The molecule has 4 N–H and O–H groups in total. The molecule has 2 aromatic carbocycles. The minimum Gasteiger partial charge on any atom is -0.461 e. The Morgan fingerprint density at radius 2 is 1.21 bits per heavy atom. The Labute approximate surface area is 337 Å². The maximum atomic E-state index is 13.7. The van der Waals surface area contributed by atoms with Crippen molar-refractivity contribution in [1.82, 2.24) is 40.4 Å². The lowest BCUT2D eigenvalue weighted by Crippen LogP contribution is -2.51. The fourth-order valence-electron chi connectivity index (χ4n) is 8.22. The van der Waals surface area contributed by atoms with Gasteiger partial charge in [-0.2, -0.15) is 0 Å². The van der Waals surface area contributed by atoms with Gasteiger partial charge in [0.25, 0.3) is 0 Å². The highest BCUT2D eigenvalue weighted by Gasteiger charge is 2.39. The number of alkyl carbamates (subject to hydrolysis) is 2. The molecule has 5 heterocycles. The normalized spacial score (nSPS) is 17.9. The van der Waals surface area contributed by atoms with Crippen LogP contribution in [0.25, 0.3) is 44.6 Å². The zero-order valence-electron chi connectivity index (χ0n) is 34.0. The standard InChI is InChI=1S/C43H52N8O7/c1-23(2)35(48-42(54)56-6)40(52)50-18-8-10-33(50)38-44-21-31(46-38)27-14-12-26(13-15-27)28-16-17-29(30-20-25(5)58-37(28)30)32-22-45-39(47-32)34-11-9-19-51(34)41(53)36(24(3)4)49-43(55)57-7/h12-17,20-24,33-36H,8-11,18-19H2,1-7H3,(H,44,46)(H,45,47)(H,48,54)(H,49,55). The number of carbonyl (C=O) groups excluding carboxylic acids is 4. The van der Waals surface area contributed by atoms with Crippen LogP contribution >= 0.6 is 0 Å². The number of benzene rings is 2. The first kappa shape index (κ1) is 40.1. The van der Waals surface area contributed by atoms with Gasteiger partial charge in [-0.25, -0.2) is 19.6 Å². The first-order valence-corrected chi connectivity index (χ1v) is 19.9. The molecule has 5 aromatic rings. The molecule has 306 valence electrons. The molecular weight excluding hydrogens is 741 g/mol. The number of H-pyrrole nitrogens is 2. The van der Waals surface area contributed by atoms with E-state index in [2.05, 4.69) is 38.8 Å². The van der Waals surface area contributed by atoms with Crippen molar-refractivity contribution in [3.63, 3.8) is 0 Å². The molecule has 7 rings (SSSR count). The Morgan fingerprint density at radius 1 is 0.724 bits per heavy atom. The summed E-state index contributed by atoms with van der Waals surface area (Å²) >= 11 is 0. The number of imidazole rings is 2. The fraction of sp³-hybridized carbons (Fsp3) is 0.442. The van der Waals surface area contributed by atoms with Crippen LogP contribution in [-0.2, 0) is 19.1 Å². The van der Waals surface area contributed by atoms with Crippen molar-refractivity contribution in [1.29, 1.82) is 0 Å². The average Bonchev–Trinajstić information content (AvgIpc) is 4.06. The summed E-state index contributed by atoms with van der Waals surface area (Å²) in [5.41, 5.74) is 6.19. The summed E-state index contributed by atoms with van der Waals surface area (Å²) in [5.74, 6) is 1.62.